The smallest absolute Gasteiger partial charge is 0.0830 e. The molecule has 0 bridgehead atoms. The quantitative estimate of drug-likeness (QED) is 0.892. The van der Waals surface area contributed by atoms with Crippen LogP contribution in [0.25, 0.3) is 0 Å². The predicted octanol–water partition coefficient (Wildman–Crippen LogP) is 4.38. The topological polar surface area (TPSA) is 20.2 Å². The van der Waals surface area contributed by atoms with Crippen LogP contribution in [0.2, 0.25) is 5.02 Å². The molecule has 1 N–H and O–H groups in total. The molecule has 0 radical (unpaired) electrons. The van der Waals surface area contributed by atoms with Crippen LogP contribution in [-0.2, 0) is 6.42 Å². The third-order valence-electron chi connectivity index (χ3n) is 2.60. The Labute approximate surface area is 114 Å². The van der Waals surface area contributed by atoms with Crippen LogP contribution < -0.4 is 0 Å². The number of benzene rings is 2. The normalized spacial score (nSPS) is 12.4. The molecule has 0 aliphatic rings. The summed E-state index contributed by atoms with van der Waals surface area (Å²) < 4.78 is 1.04. The average Bonchev–Trinajstić information content (AvgIpc) is 2.33. The number of aliphatic hydroxyl groups excluding tert-OH is 1. The van der Waals surface area contributed by atoms with Crippen LogP contribution >= 0.6 is 27.5 Å². The monoisotopic (exact) mass is 310 g/mol. The van der Waals surface area contributed by atoms with Crippen LogP contribution in [0.3, 0.4) is 0 Å². The highest BCUT2D eigenvalue weighted by Crippen LogP contribution is 2.21. The fraction of sp³-hybridized carbons (Fsp3) is 0.143. The molecule has 2 rings (SSSR count). The van der Waals surface area contributed by atoms with Crippen LogP contribution in [-0.4, -0.2) is 5.11 Å². The zero-order valence-electron chi connectivity index (χ0n) is 9.11. The van der Waals surface area contributed by atoms with Gasteiger partial charge in [-0.3, -0.25) is 0 Å². The molecular formula is C14H12BrClO. The number of rotatable bonds is 3. The molecule has 0 aliphatic carbocycles. The van der Waals surface area contributed by atoms with Gasteiger partial charge in [0.05, 0.1) is 6.10 Å². The third kappa shape index (κ3) is 3.56. The van der Waals surface area contributed by atoms with Crippen molar-refractivity contribution in [2.75, 3.05) is 0 Å². The largest absolute Gasteiger partial charge is 0.388 e. The van der Waals surface area contributed by atoms with Crippen LogP contribution in [0.1, 0.15) is 17.2 Å². The van der Waals surface area contributed by atoms with Gasteiger partial charge in [0.2, 0.25) is 0 Å². The molecule has 0 saturated carbocycles. The second-order valence-electron chi connectivity index (χ2n) is 3.90. The van der Waals surface area contributed by atoms with Gasteiger partial charge in [-0.15, -0.1) is 0 Å². The van der Waals surface area contributed by atoms with E-state index in [1.165, 1.54) is 0 Å². The molecule has 0 unspecified atom stereocenters. The van der Waals surface area contributed by atoms with Gasteiger partial charge in [0.25, 0.3) is 0 Å². The Morgan fingerprint density at radius 2 is 1.59 bits per heavy atom. The van der Waals surface area contributed by atoms with Gasteiger partial charge in [-0.25, -0.2) is 0 Å². The molecule has 0 heterocycles. The first-order valence-electron chi connectivity index (χ1n) is 5.33. The average molecular weight is 312 g/mol. The standard InChI is InChI=1S/C14H12BrClO/c15-12-5-1-10(2-6-12)9-14(17)11-3-7-13(16)8-4-11/h1-8,14,17H,9H2/t14-/m1/s1. The minimum Gasteiger partial charge on any atom is -0.388 e. The summed E-state index contributed by atoms with van der Waals surface area (Å²) in [6, 6.07) is 15.3. The summed E-state index contributed by atoms with van der Waals surface area (Å²) in [6.07, 6.45) is 0.114. The molecule has 0 amide bonds. The molecule has 0 spiro atoms. The van der Waals surface area contributed by atoms with Crippen LogP contribution in [0.15, 0.2) is 53.0 Å². The van der Waals surface area contributed by atoms with Gasteiger partial charge in [0.1, 0.15) is 0 Å². The van der Waals surface area contributed by atoms with Crippen molar-refractivity contribution in [1.29, 1.82) is 0 Å². The Hall–Kier alpha value is -0.830. The highest BCUT2D eigenvalue weighted by Gasteiger charge is 2.08. The van der Waals surface area contributed by atoms with E-state index in [1.54, 1.807) is 12.1 Å². The Kier molecular flexibility index (Phi) is 4.21. The van der Waals surface area contributed by atoms with E-state index in [-0.39, 0.29) is 0 Å². The van der Waals surface area contributed by atoms with E-state index in [4.69, 9.17) is 11.6 Å². The highest BCUT2D eigenvalue weighted by molar-refractivity contribution is 9.10. The molecule has 0 saturated heterocycles. The lowest BCUT2D eigenvalue weighted by molar-refractivity contribution is 0.178. The summed E-state index contributed by atoms with van der Waals surface area (Å²) in [4.78, 5) is 0. The second kappa shape index (κ2) is 5.67. The van der Waals surface area contributed by atoms with E-state index >= 15 is 0 Å². The zero-order valence-corrected chi connectivity index (χ0v) is 11.4. The molecule has 1 nitrogen and oxygen atoms in total. The van der Waals surface area contributed by atoms with E-state index in [0.717, 1.165) is 15.6 Å². The lowest BCUT2D eigenvalue weighted by Gasteiger charge is -2.11. The van der Waals surface area contributed by atoms with Crippen LogP contribution in [0.4, 0.5) is 0 Å². The van der Waals surface area contributed by atoms with Crippen molar-refractivity contribution in [3.63, 3.8) is 0 Å². The number of aliphatic hydroxyl groups is 1. The van der Waals surface area contributed by atoms with Crippen molar-refractivity contribution in [3.05, 3.63) is 69.2 Å². The van der Waals surface area contributed by atoms with E-state index in [1.807, 2.05) is 36.4 Å². The van der Waals surface area contributed by atoms with E-state index in [9.17, 15) is 5.11 Å². The van der Waals surface area contributed by atoms with Crippen molar-refractivity contribution in [1.82, 2.24) is 0 Å². The maximum Gasteiger partial charge on any atom is 0.0830 e. The lowest BCUT2D eigenvalue weighted by Crippen LogP contribution is -2.01. The second-order valence-corrected chi connectivity index (χ2v) is 5.25. The minimum absolute atomic E-state index is 0.492. The van der Waals surface area contributed by atoms with Crippen LogP contribution in [0, 0.1) is 0 Å². The van der Waals surface area contributed by atoms with E-state index in [2.05, 4.69) is 15.9 Å². The fourth-order valence-corrected chi connectivity index (χ4v) is 2.04. The molecule has 0 aliphatic heterocycles. The molecule has 3 heteroatoms. The molecule has 2 aromatic carbocycles. The van der Waals surface area contributed by atoms with Crippen molar-refractivity contribution < 1.29 is 5.11 Å². The Morgan fingerprint density at radius 1 is 1.00 bits per heavy atom. The number of halogens is 2. The van der Waals surface area contributed by atoms with Gasteiger partial charge in [0.15, 0.2) is 0 Å². The number of hydrogen-bond acceptors (Lipinski definition) is 1. The summed E-state index contributed by atoms with van der Waals surface area (Å²) >= 11 is 9.19. The fourth-order valence-electron chi connectivity index (χ4n) is 1.65. The van der Waals surface area contributed by atoms with Gasteiger partial charge in [-0.1, -0.05) is 51.8 Å². The molecule has 17 heavy (non-hydrogen) atoms. The first-order valence-corrected chi connectivity index (χ1v) is 6.50. The maximum atomic E-state index is 10.1. The molecule has 0 fully saturated rings. The van der Waals surface area contributed by atoms with Gasteiger partial charge >= 0.3 is 0 Å². The van der Waals surface area contributed by atoms with Crippen LogP contribution in [0.5, 0.6) is 0 Å². The Bertz CT molecular complexity index is 479. The third-order valence-corrected chi connectivity index (χ3v) is 3.38. The van der Waals surface area contributed by atoms with Gasteiger partial charge < -0.3 is 5.11 Å². The lowest BCUT2D eigenvalue weighted by atomic mass is 10.0. The van der Waals surface area contributed by atoms with Crippen molar-refractivity contribution in [2.24, 2.45) is 0 Å². The SMILES string of the molecule is O[C@H](Cc1ccc(Br)cc1)c1ccc(Cl)cc1. The first kappa shape index (κ1) is 12.6. The highest BCUT2D eigenvalue weighted by atomic mass is 79.9. The first-order chi connectivity index (χ1) is 8.15. The summed E-state index contributed by atoms with van der Waals surface area (Å²) in [6.45, 7) is 0. The van der Waals surface area contributed by atoms with Crippen molar-refractivity contribution in [2.45, 2.75) is 12.5 Å². The summed E-state index contributed by atoms with van der Waals surface area (Å²) in [5.41, 5.74) is 1.99. The van der Waals surface area contributed by atoms with Crippen molar-refractivity contribution in [3.8, 4) is 0 Å². The predicted molar refractivity (Wildman–Crippen MR) is 74.3 cm³/mol. The zero-order chi connectivity index (χ0) is 12.3. The molecule has 2 aromatic rings. The number of hydrogen-bond donors (Lipinski definition) is 1. The summed E-state index contributed by atoms with van der Waals surface area (Å²) in [5.74, 6) is 0. The molecule has 0 aromatic heterocycles. The Balaban J connectivity index is 2.08. The van der Waals surface area contributed by atoms with Gasteiger partial charge in [-0.2, -0.15) is 0 Å². The van der Waals surface area contributed by atoms with E-state index in [0.29, 0.717) is 11.4 Å². The minimum atomic E-state index is -0.492. The Morgan fingerprint density at radius 3 is 2.18 bits per heavy atom. The molecule has 88 valence electrons. The maximum absolute atomic E-state index is 10.1. The van der Waals surface area contributed by atoms with Gasteiger partial charge in [-0.05, 0) is 35.4 Å². The summed E-state index contributed by atoms with van der Waals surface area (Å²) in [5, 5.41) is 10.8. The van der Waals surface area contributed by atoms with Crippen molar-refractivity contribution >= 4 is 27.5 Å². The van der Waals surface area contributed by atoms with Gasteiger partial charge in [0, 0.05) is 15.9 Å². The molecular weight excluding hydrogens is 300 g/mol. The molecule has 1 atom stereocenters. The summed E-state index contributed by atoms with van der Waals surface area (Å²) in [7, 11) is 0. The van der Waals surface area contributed by atoms with E-state index < -0.39 is 6.10 Å².